The lowest BCUT2D eigenvalue weighted by atomic mass is 10.1. The Labute approximate surface area is 151 Å². The quantitative estimate of drug-likeness (QED) is 0.710. The van der Waals surface area contributed by atoms with Crippen LogP contribution in [0.15, 0.2) is 48.5 Å². The molecule has 1 amide bonds. The lowest BCUT2D eigenvalue weighted by molar-refractivity contribution is -0.145. The van der Waals surface area contributed by atoms with Crippen molar-refractivity contribution >= 4 is 11.9 Å². The second-order valence-corrected chi connectivity index (χ2v) is 6.06. The van der Waals surface area contributed by atoms with Crippen molar-refractivity contribution in [3.63, 3.8) is 0 Å². The highest BCUT2D eigenvalue weighted by atomic mass is 19.1. The van der Waals surface area contributed by atoms with E-state index in [1.807, 2.05) is 0 Å². The molecular formula is C20H21F2NO3. The smallest absolute Gasteiger partial charge is 0.310 e. The van der Waals surface area contributed by atoms with E-state index in [2.05, 4.69) is 0 Å². The Hall–Kier alpha value is -2.76. The molecule has 26 heavy (non-hydrogen) atoms. The van der Waals surface area contributed by atoms with Gasteiger partial charge in [-0.25, -0.2) is 8.78 Å². The fraction of sp³-hybridized carbons (Fsp3) is 0.300. The molecule has 0 saturated heterocycles. The fourth-order valence-electron chi connectivity index (χ4n) is 2.60. The van der Waals surface area contributed by atoms with Gasteiger partial charge in [0.1, 0.15) is 11.6 Å². The first-order valence-corrected chi connectivity index (χ1v) is 8.28. The molecule has 0 saturated carbocycles. The number of halogens is 2. The summed E-state index contributed by atoms with van der Waals surface area (Å²) in [5, 5.41) is 0. The number of amides is 1. The summed E-state index contributed by atoms with van der Waals surface area (Å²) in [6.07, 6.45) is 0.481. The van der Waals surface area contributed by atoms with Gasteiger partial charge in [-0.3, -0.25) is 9.59 Å². The van der Waals surface area contributed by atoms with E-state index in [1.165, 1.54) is 42.3 Å². The largest absolute Gasteiger partial charge is 0.469 e. The van der Waals surface area contributed by atoms with Gasteiger partial charge in [0.05, 0.1) is 13.0 Å². The van der Waals surface area contributed by atoms with Gasteiger partial charge in [0.15, 0.2) is 0 Å². The average Bonchev–Trinajstić information content (AvgIpc) is 2.64. The van der Waals surface area contributed by atoms with Crippen LogP contribution in [0, 0.1) is 17.6 Å². The average molecular weight is 361 g/mol. The molecule has 0 bridgehead atoms. The summed E-state index contributed by atoms with van der Waals surface area (Å²) in [6, 6.07) is 11.4. The first-order valence-electron chi connectivity index (χ1n) is 8.28. The van der Waals surface area contributed by atoms with E-state index >= 15 is 0 Å². The minimum absolute atomic E-state index is 0.142. The molecule has 0 N–H and O–H groups in total. The molecule has 0 aliphatic carbocycles. The highest BCUT2D eigenvalue weighted by molar-refractivity contribution is 5.94. The fourth-order valence-corrected chi connectivity index (χ4v) is 2.60. The monoisotopic (exact) mass is 361 g/mol. The Morgan fingerprint density at radius 2 is 1.77 bits per heavy atom. The summed E-state index contributed by atoms with van der Waals surface area (Å²) >= 11 is 0. The molecule has 138 valence electrons. The minimum atomic E-state index is -0.522. The topological polar surface area (TPSA) is 46.6 Å². The van der Waals surface area contributed by atoms with E-state index in [4.69, 9.17) is 4.74 Å². The van der Waals surface area contributed by atoms with Crippen molar-refractivity contribution in [2.75, 3.05) is 20.2 Å². The summed E-state index contributed by atoms with van der Waals surface area (Å²) in [5.41, 5.74) is 1.07. The van der Waals surface area contributed by atoms with Gasteiger partial charge in [-0.05, 0) is 42.3 Å². The summed E-state index contributed by atoms with van der Waals surface area (Å²) in [6.45, 7) is 2.11. The molecule has 2 rings (SSSR count). The van der Waals surface area contributed by atoms with Crippen LogP contribution in [0.25, 0.3) is 0 Å². The highest BCUT2D eigenvalue weighted by Crippen LogP contribution is 2.12. The number of carbonyl (C=O) groups is 2. The maximum Gasteiger partial charge on any atom is 0.310 e. The van der Waals surface area contributed by atoms with Crippen LogP contribution in [-0.4, -0.2) is 37.0 Å². The normalized spacial score (nSPS) is 11.7. The molecule has 2 aromatic carbocycles. The van der Waals surface area contributed by atoms with Crippen LogP contribution in [0.3, 0.4) is 0 Å². The molecule has 4 nitrogen and oxygen atoms in total. The van der Waals surface area contributed by atoms with Crippen molar-refractivity contribution in [3.05, 3.63) is 71.3 Å². The zero-order chi connectivity index (χ0) is 19.1. The Morgan fingerprint density at radius 1 is 1.08 bits per heavy atom. The Balaban J connectivity index is 2.16. The van der Waals surface area contributed by atoms with Crippen molar-refractivity contribution in [2.45, 2.75) is 13.3 Å². The maximum atomic E-state index is 13.4. The number of nitrogens with zero attached hydrogens (tertiary/aromatic N) is 1. The van der Waals surface area contributed by atoms with Crippen molar-refractivity contribution < 1.29 is 23.1 Å². The van der Waals surface area contributed by atoms with Gasteiger partial charge >= 0.3 is 5.97 Å². The van der Waals surface area contributed by atoms with Gasteiger partial charge in [0, 0.05) is 18.7 Å². The van der Waals surface area contributed by atoms with Crippen molar-refractivity contribution in [3.8, 4) is 0 Å². The van der Waals surface area contributed by atoms with Gasteiger partial charge in [0.2, 0.25) is 0 Å². The number of carbonyl (C=O) groups excluding carboxylic acids is 2. The molecule has 0 aliphatic heterocycles. The van der Waals surface area contributed by atoms with Crippen molar-refractivity contribution in [1.29, 1.82) is 0 Å². The van der Waals surface area contributed by atoms with Crippen molar-refractivity contribution in [1.82, 2.24) is 4.90 Å². The molecule has 0 aliphatic rings. The lowest BCUT2D eigenvalue weighted by Gasteiger charge is -2.25. The number of esters is 1. The Morgan fingerprint density at radius 3 is 2.38 bits per heavy atom. The van der Waals surface area contributed by atoms with E-state index in [0.29, 0.717) is 13.0 Å². The van der Waals surface area contributed by atoms with Gasteiger partial charge < -0.3 is 9.64 Å². The van der Waals surface area contributed by atoms with Gasteiger partial charge in [-0.2, -0.15) is 0 Å². The number of hydrogen-bond donors (Lipinski definition) is 0. The van der Waals surface area contributed by atoms with Crippen LogP contribution in [0.5, 0.6) is 0 Å². The van der Waals surface area contributed by atoms with Gasteiger partial charge in [0.25, 0.3) is 5.91 Å². The molecule has 0 radical (unpaired) electrons. The lowest BCUT2D eigenvalue weighted by Crippen LogP contribution is -2.38. The van der Waals surface area contributed by atoms with Crippen LogP contribution in [0.1, 0.15) is 22.8 Å². The van der Waals surface area contributed by atoms with E-state index in [-0.39, 0.29) is 23.8 Å². The minimum Gasteiger partial charge on any atom is -0.469 e. The Bertz CT molecular complexity index is 762. The van der Waals surface area contributed by atoms with E-state index < -0.39 is 17.7 Å². The summed E-state index contributed by atoms with van der Waals surface area (Å²) in [4.78, 5) is 26.0. The van der Waals surface area contributed by atoms with Crippen molar-refractivity contribution in [2.24, 2.45) is 5.92 Å². The molecule has 0 spiro atoms. The number of benzene rings is 2. The first kappa shape index (κ1) is 19.6. The van der Waals surface area contributed by atoms with Crippen LogP contribution in [-0.2, 0) is 16.0 Å². The third-order valence-corrected chi connectivity index (χ3v) is 4.04. The number of methoxy groups -OCH3 is 1. The van der Waals surface area contributed by atoms with E-state index in [1.54, 1.807) is 19.1 Å². The second kappa shape index (κ2) is 9.08. The predicted molar refractivity (Wildman–Crippen MR) is 93.6 cm³/mol. The molecule has 2 aromatic rings. The zero-order valence-corrected chi connectivity index (χ0v) is 14.7. The standard InChI is InChI=1S/C20H21F2NO3/c1-14(20(25)26-2)13-23(11-10-15-6-8-17(21)9-7-15)19(24)16-4-3-5-18(22)12-16/h3-9,12,14H,10-11,13H2,1-2H3. The zero-order valence-electron chi connectivity index (χ0n) is 14.7. The first-order chi connectivity index (χ1) is 12.4. The molecule has 0 aromatic heterocycles. The third-order valence-electron chi connectivity index (χ3n) is 4.04. The van der Waals surface area contributed by atoms with E-state index in [9.17, 15) is 18.4 Å². The van der Waals surface area contributed by atoms with Gasteiger partial charge in [-0.1, -0.05) is 25.1 Å². The molecule has 6 heteroatoms. The SMILES string of the molecule is COC(=O)C(C)CN(CCc1ccc(F)cc1)C(=O)c1cccc(F)c1. The van der Waals surface area contributed by atoms with Crippen LogP contribution in [0.2, 0.25) is 0 Å². The highest BCUT2D eigenvalue weighted by Gasteiger charge is 2.22. The van der Waals surface area contributed by atoms with Crippen LogP contribution < -0.4 is 0 Å². The molecule has 0 fully saturated rings. The number of hydrogen-bond acceptors (Lipinski definition) is 3. The summed E-state index contributed by atoms with van der Waals surface area (Å²) in [5.74, 6) is -2.16. The summed E-state index contributed by atoms with van der Waals surface area (Å²) < 4.78 is 31.2. The molecule has 0 heterocycles. The maximum absolute atomic E-state index is 13.4. The number of ether oxygens (including phenoxy) is 1. The molecular weight excluding hydrogens is 340 g/mol. The molecule has 1 unspecified atom stereocenters. The molecule has 1 atom stereocenters. The van der Waals surface area contributed by atoms with Crippen LogP contribution >= 0.6 is 0 Å². The van der Waals surface area contributed by atoms with Gasteiger partial charge in [-0.15, -0.1) is 0 Å². The second-order valence-electron chi connectivity index (χ2n) is 6.06. The third kappa shape index (κ3) is 5.37. The van der Waals surface area contributed by atoms with Crippen LogP contribution in [0.4, 0.5) is 8.78 Å². The Kier molecular flexibility index (Phi) is 6.83. The predicted octanol–water partition coefficient (Wildman–Crippen LogP) is 3.46. The van der Waals surface area contributed by atoms with E-state index in [0.717, 1.165) is 11.6 Å². The summed E-state index contributed by atoms with van der Waals surface area (Å²) in [7, 11) is 1.29. The number of rotatable bonds is 7.